The van der Waals surface area contributed by atoms with Crippen molar-refractivity contribution < 1.29 is 75.0 Å². The van der Waals surface area contributed by atoms with Gasteiger partial charge in [-0.3, -0.25) is 5.41 Å². The average Bonchev–Trinajstić information content (AvgIpc) is 2.66. The van der Waals surface area contributed by atoms with Crippen molar-refractivity contribution in [3.05, 3.63) is 29.8 Å². The van der Waals surface area contributed by atoms with Crippen LogP contribution in [0.15, 0.2) is 24.3 Å². The van der Waals surface area contributed by atoms with Crippen molar-refractivity contribution in [2.24, 2.45) is 5.73 Å². The van der Waals surface area contributed by atoms with Crippen molar-refractivity contribution in [3.63, 3.8) is 0 Å². The van der Waals surface area contributed by atoms with Gasteiger partial charge in [-0.05, 0) is 24.3 Å². The first-order valence-electron chi connectivity index (χ1n) is 7.89. The molecule has 0 aromatic heterocycles. The van der Waals surface area contributed by atoms with E-state index in [4.69, 9.17) is 11.1 Å². The number of amidine groups is 1. The average molecular weight is 573 g/mol. The number of nitrogens with two attached hydrogens (primary N) is 1. The quantitative estimate of drug-likeness (QED) is 0.203. The first-order chi connectivity index (χ1) is 14.8. The van der Waals surface area contributed by atoms with Crippen LogP contribution in [0.2, 0.25) is 0 Å². The van der Waals surface area contributed by atoms with E-state index in [-0.39, 0.29) is 18.0 Å². The highest BCUT2D eigenvalue weighted by molar-refractivity contribution is 5.94. The van der Waals surface area contributed by atoms with E-state index in [2.05, 4.69) is 4.74 Å². The van der Waals surface area contributed by atoms with Crippen LogP contribution in [-0.2, 0) is 0 Å². The third kappa shape index (κ3) is 4.87. The number of hydrogen-bond donors (Lipinski definition) is 2. The lowest BCUT2D eigenvalue weighted by Crippen LogP contribution is -2.73. The Morgan fingerprint density at radius 1 is 0.657 bits per heavy atom. The molecule has 0 bridgehead atoms. The maximum absolute atomic E-state index is 13.7. The summed E-state index contributed by atoms with van der Waals surface area (Å²) in [4.78, 5) is 0. The number of halogens is 17. The summed E-state index contributed by atoms with van der Waals surface area (Å²) in [6, 6.07) is 2.23. The summed E-state index contributed by atoms with van der Waals surface area (Å²) in [5.41, 5.74) is 4.77. The fourth-order valence-electron chi connectivity index (χ4n) is 2.03. The van der Waals surface area contributed by atoms with Gasteiger partial charge in [0.2, 0.25) is 0 Å². The predicted octanol–water partition coefficient (Wildman–Crippen LogP) is 6.44. The number of hydrogen-bond acceptors (Lipinski definition) is 2. The second kappa shape index (κ2) is 9.27. The minimum Gasteiger partial charge on any atom is -0.454 e. The normalized spacial score (nSPS) is 15.3. The molecule has 0 fully saturated rings. The molecule has 0 aliphatic carbocycles. The molecule has 35 heavy (non-hydrogen) atoms. The molecule has 204 valence electrons. The van der Waals surface area contributed by atoms with E-state index in [1.54, 1.807) is 0 Å². The largest absolute Gasteiger partial charge is 0.460 e. The Kier molecular flexibility index (Phi) is 8.65. The number of nitrogen functional groups attached to an aromatic ring is 1. The van der Waals surface area contributed by atoms with E-state index in [9.17, 15) is 70.2 Å². The Labute approximate surface area is 189 Å². The van der Waals surface area contributed by atoms with Crippen LogP contribution < -0.4 is 10.5 Å². The van der Waals surface area contributed by atoms with E-state index in [0.717, 1.165) is 0 Å². The smallest absolute Gasteiger partial charge is 0.454 e. The molecule has 0 aliphatic heterocycles. The van der Waals surface area contributed by atoms with Crippen molar-refractivity contribution in [2.45, 2.75) is 48.1 Å². The van der Waals surface area contributed by atoms with Gasteiger partial charge in [-0.1, -0.05) is 0 Å². The molecule has 1 rings (SSSR count). The zero-order valence-corrected chi connectivity index (χ0v) is 16.6. The fraction of sp³-hybridized carbons (Fsp3) is 0.533. The van der Waals surface area contributed by atoms with Crippen LogP contribution in [0.25, 0.3) is 0 Å². The standard InChI is InChI=1S/C15H8F16N2O.ClH/c16-8(34-6-3-1-5(2-4-6)7(32)33)9(17,18)10(19,20)11(21,22)12(23,24)13(25,26)14(27,28)15(29,30)31;/h1-4,8H,(H3,32,33);1H. The highest BCUT2D eigenvalue weighted by Gasteiger charge is 2.94. The van der Waals surface area contributed by atoms with E-state index >= 15 is 0 Å². The second-order valence-corrected chi connectivity index (χ2v) is 6.36. The zero-order valence-electron chi connectivity index (χ0n) is 15.8. The monoisotopic (exact) mass is 572 g/mol. The van der Waals surface area contributed by atoms with Crippen molar-refractivity contribution in [1.29, 1.82) is 5.41 Å². The topological polar surface area (TPSA) is 59.1 Å². The number of alkyl halides is 16. The molecule has 0 spiro atoms. The minimum absolute atomic E-state index is 0. The summed E-state index contributed by atoms with van der Waals surface area (Å²) in [6.07, 6.45) is -12.8. The summed E-state index contributed by atoms with van der Waals surface area (Å²) in [5.74, 6) is -50.6. The SMILES string of the molecule is Cl.N=C(N)c1ccc(OC(F)C(F)(F)C(F)(F)C(F)(F)C(F)(F)C(F)(F)C(F)(F)C(F)(F)F)cc1. The summed E-state index contributed by atoms with van der Waals surface area (Å²) < 4.78 is 213. The molecular formula is C15H9ClF16N2O. The molecule has 20 heteroatoms. The molecule has 3 nitrogen and oxygen atoms in total. The molecule has 3 N–H and O–H groups in total. The molecule has 0 aliphatic rings. The lowest BCUT2D eigenvalue weighted by Gasteiger charge is -2.41. The van der Waals surface area contributed by atoms with Gasteiger partial charge in [0.1, 0.15) is 11.6 Å². The molecule has 1 atom stereocenters. The van der Waals surface area contributed by atoms with E-state index in [1.807, 2.05) is 0 Å². The van der Waals surface area contributed by atoms with Gasteiger partial charge in [-0.2, -0.15) is 70.2 Å². The Morgan fingerprint density at radius 3 is 1.34 bits per heavy atom. The third-order valence-corrected chi connectivity index (χ3v) is 4.04. The van der Waals surface area contributed by atoms with E-state index < -0.39 is 59.7 Å². The van der Waals surface area contributed by atoms with Crippen LogP contribution in [-0.4, -0.2) is 53.9 Å². The third-order valence-electron chi connectivity index (χ3n) is 4.04. The Bertz CT molecular complexity index is 899. The van der Waals surface area contributed by atoms with Crippen molar-refractivity contribution in [1.82, 2.24) is 0 Å². The molecular weight excluding hydrogens is 564 g/mol. The first-order valence-corrected chi connectivity index (χ1v) is 7.89. The van der Waals surface area contributed by atoms with Crippen LogP contribution >= 0.6 is 12.4 Å². The molecule has 0 saturated carbocycles. The van der Waals surface area contributed by atoms with Gasteiger partial charge in [0.05, 0.1) is 0 Å². The lowest BCUT2D eigenvalue weighted by atomic mass is 9.91. The van der Waals surface area contributed by atoms with Gasteiger partial charge in [-0.25, -0.2) is 0 Å². The van der Waals surface area contributed by atoms with Crippen molar-refractivity contribution in [2.75, 3.05) is 0 Å². The molecule has 1 unspecified atom stereocenters. The molecule has 0 saturated heterocycles. The van der Waals surface area contributed by atoms with Crippen LogP contribution in [0.1, 0.15) is 5.56 Å². The highest BCUT2D eigenvalue weighted by Crippen LogP contribution is 2.62. The number of nitrogens with one attached hydrogen (secondary N) is 1. The maximum Gasteiger partial charge on any atom is 0.460 e. The van der Waals surface area contributed by atoms with Gasteiger partial charge in [0.15, 0.2) is 0 Å². The molecule has 1 aromatic carbocycles. The summed E-state index contributed by atoms with van der Waals surface area (Å²) >= 11 is 0. The number of benzene rings is 1. The van der Waals surface area contributed by atoms with E-state index in [0.29, 0.717) is 24.3 Å². The summed E-state index contributed by atoms with van der Waals surface area (Å²) in [6.45, 7) is 0. The van der Waals surface area contributed by atoms with Crippen LogP contribution in [0.4, 0.5) is 70.2 Å². The van der Waals surface area contributed by atoms with Crippen LogP contribution in [0.5, 0.6) is 5.75 Å². The number of ether oxygens (including phenoxy) is 1. The Hall–Kier alpha value is -2.34. The lowest BCUT2D eigenvalue weighted by molar-refractivity contribution is -0.457. The maximum atomic E-state index is 13.7. The second-order valence-electron chi connectivity index (χ2n) is 6.36. The fourth-order valence-corrected chi connectivity index (χ4v) is 2.03. The molecule has 1 aromatic rings. The van der Waals surface area contributed by atoms with Gasteiger partial charge in [0, 0.05) is 5.56 Å². The summed E-state index contributed by atoms with van der Waals surface area (Å²) in [7, 11) is 0. The van der Waals surface area contributed by atoms with Gasteiger partial charge < -0.3 is 10.5 Å². The molecule has 0 amide bonds. The molecule has 0 heterocycles. The van der Waals surface area contributed by atoms with Crippen LogP contribution in [0, 0.1) is 5.41 Å². The Morgan fingerprint density at radius 2 is 1.00 bits per heavy atom. The van der Waals surface area contributed by atoms with Gasteiger partial charge >= 0.3 is 48.1 Å². The van der Waals surface area contributed by atoms with Crippen molar-refractivity contribution >= 4 is 18.2 Å². The van der Waals surface area contributed by atoms with E-state index in [1.165, 1.54) is 0 Å². The number of rotatable bonds is 9. The summed E-state index contributed by atoms with van der Waals surface area (Å²) in [5, 5.41) is 6.99. The highest BCUT2D eigenvalue weighted by atomic mass is 35.5. The van der Waals surface area contributed by atoms with Crippen molar-refractivity contribution in [3.8, 4) is 5.75 Å². The van der Waals surface area contributed by atoms with Crippen LogP contribution in [0.3, 0.4) is 0 Å². The Balaban J connectivity index is 0.0000116. The molecule has 0 radical (unpaired) electrons. The van der Waals surface area contributed by atoms with Gasteiger partial charge in [-0.15, -0.1) is 12.4 Å². The predicted molar refractivity (Wildman–Crippen MR) is 86.0 cm³/mol. The zero-order chi connectivity index (χ0) is 27.3. The first kappa shape index (κ1) is 32.7. The van der Waals surface area contributed by atoms with Gasteiger partial charge in [0.25, 0.3) is 0 Å². The minimum atomic E-state index is -8.52.